The minimum absolute atomic E-state index is 0.0194. The minimum atomic E-state index is -4.27. The summed E-state index contributed by atoms with van der Waals surface area (Å²) < 4.78 is 41.1. The van der Waals surface area contributed by atoms with E-state index in [2.05, 4.69) is 28.1 Å². The van der Waals surface area contributed by atoms with Gasteiger partial charge in [0.1, 0.15) is 0 Å². The Balaban J connectivity index is 0.000000254. The van der Waals surface area contributed by atoms with Crippen molar-refractivity contribution in [3.8, 4) is 0 Å². The highest BCUT2D eigenvalue weighted by Crippen LogP contribution is 2.29. The molecule has 0 aliphatic carbocycles. The predicted molar refractivity (Wildman–Crippen MR) is 149 cm³/mol. The average Bonchev–Trinajstić information content (AvgIpc) is 3.45. The summed E-state index contributed by atoms with van der Waals surface area (Å²) in [6.07, 6.45) is -1.39. The lowest BCUT2D eigenvalue weighted by atomic mass is 9.99. The van der Waals surface area contributed by atoms with E-state index in [0.29, 0.717) is 12.2 Å². The Labute approximate surface area is 227 Å². The van der Waals surface area contributed by atoms with E-state index in [1.807, 2.05) is 18.7 Å². The summed E-state index contributed by atoms with van der Waals surface area (Å²) in [4.78, 5) is 12.5. The number of thiophene rings is 1. The molecule has 2 fully saturated rings. The average molecular weight is 563 g/mol. The molecule has 1 aromatic heterocycles. The maximum Gasteiger partial charge on any atom is 0.416 e. The van der Waals surface area contributed by atoms with Crippen molar-refractivity contribution in [2.45, 2.75) is 38.9 Å². The Kier molecular flexibility index (Phi) is 18.4. The van der Waals surface area contributed by atoms with E-state index in [1.165, 1.54) is 35.5 Å². The molecular formula is C26H41F3N4O2S2. The minimum Gasteiger partial charge on any atom is -0.466 e. The van der Waals surface area contributed by atoms with Crippen LogP contribution < -0.4 is 22.1 Å². The zero-order valence-corrected chi connectivity index (χ0v) is 23.2. The Morgan fingerprint density at radius 1 is 1.05 bits per heavy atom. The van der Waals surface area contributed by atoms with Crippen LogP contribution in [0.2, 0.25) is 0 Å². The summed E-state index contributed by atoms with van der Waals surface area (Å²) >= 11 is 3.80. The molecule has 0 spiro atoms. The highest BCUT2D eigenvalue weighted by Gasteiger charge is 2.30. The second-order valence-electron chi connectivity index (χ2n) is 8.16. The molecule has 2 aliphatic heterocycles. The quantitative estimate of drug-likeness (QED) is 0.404. The van der Waals surface area contributed by atoms with Crippen LogP contribution in [-0.4, -0.2) is 56.8 Å². The summed E-state index contributed by atoms with van der Waals surface area (Å²) in [6, 6.07) is 9.16. The Hall–Kier alpha value is -1.63. The van der Waals surface area contributed by atoms with Gasteiger partial charge >= 0.3 is 12.1 Å². The van der Waals surface area contributed by atoms with Crippen molar-refractivity contribution in [2.75, 3.05) is 50.8 Å². The number of carbonyl (C=O) groups is 1. The van der Waals surface area contributed by atoms with Gasteiger partial charge in [0.15, 0.2) is 0 Å². The van der Waals surface area contributed by atoms with Crippen LogP contribution in [0.4, 0.5) is 13.2 Å². The summed E-state index contributed by atoms with van der Waals surface area (Å²) in [5, 5.41) is 8.54. The van der Waals surface area contributed by atoms with Gasteiger partial charge in [0.05, 0.1) is 18.1 Å². The van der Waals surface area contributed by atoms with E-state index < -0.39 is 11.7 Å². The van der Waals surface area contributed by atoms with Crippen molar-refractivity contribution in [3.05, 3.63) is 57.8 Å². The van der Waals surface area contributed by atoms with Crippen molar-refractivity contribution in [1.82, 2.24) is 10.6 Å². The molecular weight excluding hydrogens is 521 g/mol. The molecule has 0 saturated carbocycles. The summed E-state index contributed by atoms with van der Waals surface area (Å²) in [5.41, 5.74) is 10.4. The number of carbonyl (C=O) groups excluding carboxylic acids is 1. The fraction of sp³-hybridized carbons (Fsp3) is 0.577. The van der Waals surface area contributed by atoms with Gasteiger partial charge in [-0.3, -0.25) is 4.79 Å². The second kappa shape index (κ2) is 20.3. The van der Waals surface area contributed by atoms with Gasteiger partial charge in [-0.05, 0) is 68.9 Å². The number of esters is 1. The molecule has 0 amide bonds. The lowest BCUT2D eigenvalue weighted by Crippen LogP contribution is -2.32. The fourth-order valence-electron chi connectivity index (χ4n) is 3.31. The van der Waals surface area contributed by atoms with Crippen LogP contribution in [0.5, 0.6) is 0 Å². The van der Waals surface area contributed by atoms with Crippen LogP contribution in [0.1, 0.15) is 35.8 Å². The van der Waals surface area contributed by atoms with Gasteiger partial charge in [-0.2, -0.15) is 24.9 Å². The van der Waals surface area contributed by atoms with Crippen molar-refractivity contribution in [1.29, 1.82) is 0 Å². The van der Waals surface area contributed by atoms with Crippen LogP contribution in [0, 0.1) is 5.92 Å². The number of halogens is 3. The van der Waals surface area contributed by atoms with E-state index in [0.717, 1.165) is 51.0 Å². The molecule has 37 heavy (non-hydrogen) atoms. The van der Waals surface area contributed by atoms with E-state index in [9.17, 15) is 18.0 Å². The molecule has 0 atom stereocenters. The molecule has 11 heteroatoms. The van der Waals surface area contributed by atoms with Gasteiger partial charge in [-0.25, -0.2) is 0 Å². The molecule has 2 saturated heterocycles. The second-order valence-corrected chi connectivity index (χ2v) is 10.4. The first-order chi connectivity index (χ1) is 17.8. The first-order valence-electron chi connectivity index (χ1n) is 12.6. The molecule has 6 nitrogen and oxygen atoms in total. The largest absolute Gasteiger partial charge is 0.466 e. The van der Waals surface area contributed by atoms with E-state index >= 15 is 0 Å². The first-order valence-corrected chi connectivity index (χ1v) is 14.6. The molecule has 6 N–H and O–H groups in total. The number of nitrogens with one attached hydrogen (secondary N) is 2. The molecule has 0 unspecified atom stereocenters. The van der Waals surface area contributed by atoms with Gasteiger partial charge in [0.2, 0.25) is 0 Å². The van der Waals surface area contributed by atoms with Crippen molar-refractivity contribution in [2.24, 2.45) is 17.4 Å². The highest BCUT2D eigenvalue weighted by atomic mass is 32.2. The van der Waals surface area contributed by atoms with Gasteiger partial charge < -0.3 is 26.8 Å². The lowest BCUT2D eigenvalue weighted by molar-refractivity contribution is -0.148. The van der Waals surface area contributed by atoms with Crippen molar-refractivity contribution in [3.63, 3.8) is 0 Å². The number of alkyl halides is 3. The third-order valence-electron chi connectivity index (χ3n) is 5.27. The maximum atomic E-state index is 12.1. The molecule has 0 bridgehead atoms. The van der Waals surface area contributed by atoms with Crippen LogP contribution in [0.15, 0.2) is 41.8 Å². The monoisotopic (exact) mass is 562 g/mol. The number of thioether (sulfide) groups is 1. The van der Waals surface area contributed by atoms with Gasteiger partial charge in [0.25, 0.3) is 0 Å². The highest BCUT2D eigenvalue weighted by molar-refractivity contribution is 7.99. The first kappa shape index (κ1) is 33.4. The van der Waals surface area contributed by atoms with Crippen molar-refractivity contribution >= 4 is 29.1 Å². The number of rotatable bonds is 5. The number of hydrogen-bond acceptors (Lipinski definition) is 8. The SMILES string of the molecule is C1CSCCN1.CCOC(=O)C1CCNCC1.NCCc1cccs1.NCc1cccc(C(F)(F)F)c1. The number of hydrogen-bond donors (Lipinski definition) is 4. The summed E-state index contributed by atoms with van der Waals surface area (Å²) in [7, 11) is 0. The van der Waals surface area contributed by atoms with Gasteiger partial charge in [-0.15, -0.1) is 11.3 Å². The number of benzene rings is 1. The molecule has 4 rings (SSSR count). The van der Waals surface area contributed by atoms with Crippen LogP contribution in [-0.2, 0) is 28.7 Å². The maximum absolute atomic E-state index is 12.1. The molecule has 1 aromatic carbocycles. The van der Waals surface area contributed by atoms with Gasteiger partial charge in [-0.1, -0.05) is 24.3 Å². The predicted octanol–water partition coefficient (Wildman–Crippen LogP) is 4.29. The Bertz CT molecular complexity index is 818. The lowest BCUT2D eigenvalue weighted by Gasteiger charge is -2.20. The Morgan fingerprint density at radius 2 is 1.73 bits per heavy atom. The molecule has 3 heterocycles. The number of nitrogens with two attached hydrogens (primary N) is 2. The normalized spacial score (nSPS) is 15.6. The van der Waals surface area contributed by atoms with E-state index in [-0.39, 0.29) is 18.4 Å². The summed E-state index contributed by atoms with van der Waals surface area (Å²) in [6.45, 7) is 7.56. The number of piperidine rings is 1. The van der Waals surface area contributed by atoms with Crippen LogP contribution in [0.3, 0.4) is 0 Å². The molecule has 210 valence electrons. The van der Waals surface area contributed by atoms with Gasteiger partial charge in [0, 0.05) is 36.0 Å². The summed E-state index contributed by atoms with van der Waals surface area (Å²) in [5.74, 6) is 2.74. The van der Waals surface area contributed by atoms with E-state index in [1.54, 1.807) is 17.4 Å². The van der Waals surface area contributed by atoms with Crippen LogP contribution in [0.25, 0.3) is 0 Å². The third-order valence-corrected chi connectivity index (χ3v) is 7.19. The molecule has 0 radical (unpaired) electrons. The van der Waals surface area contributed by atoms with Crippen molar-refractivity contribution < 1.29 is 22.7 Å². The number of ether oxygens (including phenoxy) is 1. The fourth-order valence-corrected chi connectivity index (χ4v) is 4.81. The molecule has 2 aliphatic rings. The molecule has 2 aromatic rings. The third kappa shape index (κ3) is 16.0. The smallest absolute Gasteiger partial charge is 0.416 e. The van der Waals surface area contributed by atoms with E-state index in [4.69, 9.17) is 16.2 Å². The topological polar surface area (TPSA) is 102 Å². The zero-order valence-electron chi connectivity index (χ0n) is 21.5. The standard InChI is InChI=1S/C8H8F3N.C8H15NO2.C6H9NS.C4H9NS/c9-8(10,11)7-3-1-2-6(4-7)5-12;1-2-11-8(10)7-3-5-9-6-4-7;7-4-3-6-2-1-5-8-6;1-3-6-4-2-5-1/h1-4H,5,12H2;7,9H,2-6H2,1H3;1-2,5H,3-4,7H2;5H,1-4H2. The zero-order chi connectivity index (χ0) is 27.4. The van der Waals surface area contributed by atoms with Crippen LogP contribution >= 0.6 is 23.1 Å². The Morgan fingerprint density at radius 3 is 2.19 bits per heavy atom.